The van der Waals surface area contributed by atoms with E-state index in [9.17, 15) is 9.59 Å². The van der Waals surface area contributed by atoms with Gasteiger partial charge in [0.2, 0.25) is 11.8 Å². The Morgan fingerprint density at radius 1 is 1.38 bits per heavy atom. The number of hydrogen-bond donors (Lipinski definition) is 1. The highest BCUT2D eigenvalue weighted by atomic mass is 16.2. The maximum atomic E-state index is 12.6. The first-order valence-corrected chi connectivity index (χ1v) is 7.70. The molecule has 6 nitrogen and oxygen atoms in total. The number of piperazine rings is 1. The molecular formula is C15H22N4O2. The largest absolute Gasteiger partial charge is 0.343 e. The highest BCUT2D eigenvalue weighted by molar-refractivity contribution is 5.99. The standard InChI is InChI=1S/C15H22N4O2/c1-3-18-9-12(8-16-18)10-19-13(20)11(2)17-14(21)15(19)6-4-5-7-15/h8-9,11H,3-7,10H2,1-2H3,(H,17,21). The molecule has 2 heterocycles. The fraction of sp³-hybridized carbons (Fsp3) is 0.667. The molecule has 21 heavy (non-hydrogen) atoms. The second-order valence-corrected chi connectivity index (χ2v) is 6.06. The Labute approximate surface area is 124 Å². The number of aryl methyl sites for hydroxylation is 1. The van der Waals surface area contributed by atoms with Crippen LogP contribution in [0.4, 0.5) is 0 Å². The molecule has 3 rings (SSSR count). The van der Waals surface area contributed by atoms with Gasteiger partial charge in [-0.2, -0.15) is 5.10 Å². The molecule has 1 atom stereocenters. The Morgan fingerprint density at radius 2 is 2.10 bits per heavy atom. The third-order valence-corrected chi connectivity index (χ3v) is 4.71. The Bertz CT molecular complexity index is 560. The molecule has 0 aromatic carbocycles. The van der Waals surface area contributed by atoms with Crippen LogP contribution in [-0.2, 0) is 22.7 Å². The molecule has 2 amide bonds. The van der Waals surface area contributed by atoms with Crippen molar-refractivity contribution in [3.8, 4) is 0 Å². The number of carbonyl (C=O) groups excluding carboxylic acids is 2. The molecule has 6 heteroatoms. The number of nitrogens with one attached hydrogen (secondary N) is 1. The zero-order valence-electron chi connectivity index (χ0n) is 12.6. The molecule has 0 radical (unpaired) electrons. The van der Waals surface area contributed by atoms with Crippen LogP contribution in [0.2, 0.25) is 0 Å². The lowest BCUT2D eigenvalue weighted by Crippen LogP contribution is -2.68. The highest BCUT2D eigenvalue weighted by Gasteiger charge is 2.52. The van der Waals surface area contributed by atoms with Crippen LogP contribution < -0.4 is 5.32 Å². The van der Waals surface area contributed by atoms with Crippen molar-refractivity contribution in [2.75, 3.05) is 0 Å². The van der Waals surface area contributed by atoms with Crippen LogP contribution in [0.25, 0.3) is 0 Å². The van der Waals surface area contributed by atoms with Crippen LogP contribution in [-0.4, -0.2) is 38.1 Å². The fourth-order valence-corrected chi connectivity index (χ4v) is 3.49. The Morgan fingerprint density at radius 3 is 2.71 bits per heavy atom. The summed E-state index contributed by atoms with van der Waals surface area (Å²) < 4.78 is 1.84. The van der Waals surface area contributed by atoms with Crippen LogP contribution in [0.1, 0.15) is 45.1 Å². The molecule has 1 aliphatic carbocycles. The summed E-state index contributed by atoms with van der Waals surface area (Å²) >= 11 is 0. The first-order valence-electron chi connectivity index (χ1n) is 7.70. The van der Waals surface area contributed by atoms with Gasteiger partial charge in [0.05, 0.1) is 6.20 Å². The highest BCUT2D eigenvalue weighted by Crippen LogP contribution is 2.38. The first kappa shape index (κ1) is 14.1. The van der Waals surface area contributed by atoms with Crippen molar-refractivity contribution in [1.29, 1.82) is 0 Å². The summed E-state index contributed by atoms with van der Waals surface area (Å²) in [4.78, 5) is 26.9. The molecule has 0 bridgehead atoms. The minimum absolute atomic E-state index is 0.00924. The Hall–Kier alpha value is -1.85. The molecule has 2 fully saturated rings. The number of aromatic nitrogens is 2. The van der Waals surface area contributed by atoms with Crippen molar-refractivity contribution in [2.45, 2.75) is 64.2 Å². The number of carbonyl (C=O) groups is 2. The minimum atomic E-state index is -0.641. The summed E-state index contributed by atoms with van der Waals surface area (Å²) in [7, 11) is 0. The summed E-state index contributed by atoms with van der Waals surface area (Å²) in [5.41, 5.74) is 0.344. The van der Waals surface area contributed by atoms with Gasteiger partial charge >= 0.3 is 0 Å². The molecule has 1 saturated heterocycles. The van der Waals surface area contributed by atoms with Crippen LogP contribution in [0, 0.1) is 0 Å². The van der Waals surface area contributed by atoms with E-state index in [1.165, 1.54) is 0 Å². The van der Waals surface area contributed by atoms with Crippen molar-refractivity contribution >= 4 is 11.8 Å². The van der Waals surface area contributed by atoms with Gasteiger partial charge in [-0.05, 0) is 26.7 Å². The molecule has 1 aromatic heterocycles. The van der Waals surface area contributed by atoms with Gasteiger partial charge in [0.25, 0.3) is 0 Å². The second-order valence-electron chi connectivity index (χ2n) is 6.06. The fourth-order valence-electron chi connectivity index (χ4n) is 3.49. The quantitative estimate of drug-likeness (QED) is 0.905. The average Bonchev–Trinajstić information content (AvgIpc) is 3.12. The van der Waals surface area contributed by atoms with Crippen LogP contribution in [0.3, 0.4) is 0 Å². The third kappa shape index (κ3) is 2.22. The van der Waals surface area contributed by atoms with E-state index >= 15 is 0 Å². The van der Waals surface area contributed by atoms with Gasteiger partial charge in [0.1, 0.15) is 11.6 Å². The summed E-state index contributed by atoms with van der Waals surface area (Å²) in [6, 6.07) is -0.440. The zero-order valence-corrected chi connectivity index (χ0v) is 12.6. The van der Waals surface area contributed by atoms with Crippen molar-refractivity contribution in [3.05, 3.63) is 18.0 Å². The molecule has 1 unspecified atom stereocenters. The topological polar surface area (TPSA) is 67.2 Å². The Balaban J connectivity index is 1.90. The lowest BCUT2D eigenvalue weighted by molar-refractivity contribution is -0.157. The van der Waals surface area contributed by atoms with Gasteiger partial charge in [-0.25, -0.2) is 0 Å². The van der Waals surface area contributed by atoms with Gasteiger partial charge < -0.3 is 10.2 Å². The van der Waals surface area contributed by atoms with Crippen molar-refractivity contribution in [1.82, 2.24) is 20.0 Å². The van der Waals surface area contributed by atoms with Crippen LogP contribution in [0.5, 0.6) is 0 Å². The smallest absolute Gasteiger partial charge is 0.246 e. The van der Waals surface area contributed by atoms with Crippen LogP contribution >= 0.6 is 0 Å². The molecule has 1 spiro atoms. The van der Waals surface area contributed by atoms with E-state index in [0.29, 0.717) is 6.54 Å². The van der Waals surface area contributed by atoms with Gasteiger partial charge in [0.15, 0.2) is 0 Å². The normalized spacial score (nSPS) is 24.7. The SMILES string of the molecule is CCn1cc(CN2C(=O)C(C)NC(=O)C23CCCC3)cn1. The summed E-state index contributed by atoms with van der Waals surface area (Å²) in [5.74, 6) is 0.0238. The van der Waals surface area contributed by atoms with Crippen LogP contribution in [0.15, 0.2) is 12.4 Å². The molecule has 1 saturated carbocycles. The lowest BCUT2D eigenvalue weighted by atomic mass is 9.89. The van der Waals surface area contributed by atoms with E-state index in [2.05, 4.69) is 10.4 Å². The second kappa shape index (κ2) is 5.16. The maximum Gasteiger partial charge on any atom is 0.246 e. The Kier molecular flexibility index (Phi) is 3.47. The van der Waals surface area contributed by atoms with E-state index < -0.39 is 11.6 Å². The molecular weight excluding hydrogens is 268 g/mol. The van der Waals surface area contributed by atoms with Crippen molar-refractivity contribution in [2.24, 2.45) is 0 Å². The monoisotopic (exact) mass is 290 g/mol. The summed E-state index contributed by atoms with van der Waals surface area (Å²) in [6.45, 7) is 5.05. The van der Waals surface area contributed by atoms with Gasteiger partial charge in [-0.15, -0.1) is 0 Å². The van der Waals surface area contributed by atoms with Crippen molar-refractivity contribution in [3.63, 3.8) is 0 Å². The maximum absolute atomic E-state index is 12.6. The van der Waals surface area contributed by atoms with E-state index in [4.69, 9.17) is 0 Å². The number of amides is 2. The van der Waals surface area contributed by atoms with Gasteiger partial charge in [-0.3, -0.25) is 14.3 Å². The molecule has 114 valence electrons. The number of nitrogens with zero attached hydrogens (tertiary/aromatic N) is 3. The van der Waals surface area contributed by atoms with E-state index in [-0.39, 0.29) is 11.8 Å². The first-order chi connectivity index (χ1) is 10.1. The van der Waals surface area contributed by atoms with Gasteiger partial charge in [-0.1, -0.05) is 12.8 Å². The zero-order chi connectivity index (χ0) is 15.0. The van der Waals surface area contributed by atoms with E-state index in [0.717, 1.165) is 37.8 Å². The van der Waals surface area contributed by atoms with Gasteiger partial charge in [0, 0.05) is 24.8 Å². The summed E-state index contributed by atoms with van der Waals surface area (Å²) in [6.07, 6.45) is 7.27. The predicted octanol–water partition coefficient (Wildman–Crippen LogP) is 1.06. The molecule has 1 aliphatic heterocycles. The predicted molar refractivity (Wildman–Crippen MR) is 77.3 cm³/mol. The van der Waals surface area contributed by atoms with E-state index in [1.54, 1.807) is 18.0 Å². The van der Waals surface area contributed by atoms with Crippen molar-refractivity contribution < 1.29 is 9.59 Å². The summed E-state index contributed by atoms with van der Waals surface area (Å²) in [5, 5.41) is 7.10. The lowest BCUT2D eigenvalue weighted by Gasteiger charge is -2.45. The molecule has 1 aromatic rings. The molecule has 1 N–H and O–H groups in total. The number of rotatable bonds is 3. The third-order valence-electron chi connectivity index (χ3n) is 4.71. The number of hydrogen-bond acceptors (Lipinski definition) is 3. The van der Waals surface area contributed by atoms with E-state index in [1.807, 2.05) is 17.8 Å². The molecule has 2 aliphatic rings. The average molecular weight is 290 g/mol. The minimum Gasteiger partial charge on any atom is -0.343 e.